The van der Waals surface area contributed by atoms with Crippen LogP contribution in [0.25, 0.3) is 0 Å². The molecule has 0 saturated heterocycles. The number of hydrogen-bond acceptors (Lipinski definition) is 2. The molecule has 1 aromatic rings. The van der Waals surface area contributed by atoms with E-state index in [-0.39, 0.29) is 0 Å². The Labute approximate surface area is 115 Å². The van der Waals surface area contributed by atoms with Crippen LogP contribution < -0.4 is 5.73 Å². The maximum atomic E-state index is 6.01. The minimum absolute atomic E-state index is 0.291. The minimum Gasteiger partial charge on any atom is -0.393 e. The third-order valence-electron chi connectivity index (χ3n) is 3.45. The fraction of sp³-hybridized carbons (Fsp3) is 0.533. The second kappa shape index (κ2) is 6.86. The second-order valence-corrected chi connectivity index (χ2v) is 5.40. The average molecular weight is 263 g/mol. The van der Waals surface area contributed by atoms with Crippen LogP contribution in [0.2, 0.25) is 0 Å². The first-order valence-electron chi connectivity index (χ1n) is 6.75. The Kier molecular flexibility index (Phi) is 5.14. The topological polar surface area (TPSA) is 35.2 Å². The number of rotatable bonds is 6. The van der Waals surface area contributed by atoms with Gasteiger partial charge in [-0.05, 0) is 49.7 Å². The van der Waals surface area contributed by atoms with E-state index in [0.29, 0.717) is 11.1 Å². The zero-order valence-corrected chi connectivity index (χ0v) is 11.5. The lowest BCUT2D eigenvalue weighted by Crippen LogP contribution is -2.13. The summed E-state index contributed by atoms with van der Waals surface area (Å²) >= 11 is 4.86. The molecule has 0 radical (unpaired) electrons. The summed E-state index contributed by atoms with van der Waals surface area (Å²) in [5, 5.41) is 0. The highest BCUT2D eigenvalue weighted by molar-refractivity contribution is 7.80. The average Bonchev–Trinajstić information content (AvgIpc) is 2.38. The maximum Gasteiger partial charge on any atom is 0.0827 e. The van der Waals surface area contributed by atoms with E-state index in [1.165, 1.54) is 24.0 Å². The third-order valence-corrected chi connectivity index (χ3v) is 3.66. The summed E-state index contributed by atoms with van der Waals surface area (Å²) in [5.41, 5.74) is 8.31. The smallest absolute Gasteiger partial charge is 0.0827 e. The van der Waals surface area contributed by atoms with Crippen LogP contribution >= 0.6 is 12.2 Å². The van der Waals surface area contributed by atoms with Crippen molar-refractivity contribution in [3.8, 4) is 0 Å². The lowest BCUT2D eigenvalue weighted by Gasteiger charge is -2.25. The summed E-state index contributed by atoms with van der Waals surface area (Å²) in [6.45, 7) is 0.807. The summed E-state index contributed by atoms with van der Waals surface area (Å²) in [7, 11) is 0. The van der Waals surface area contributed by atoms with E-state index in [2.05, 4.69) is 24.3 Å². The summed E-state index contributed by atoms with van der Waals surface area (Å²) in [5.74, 6) is 0. The molecule has 98 valence electrons. The number of nitrogens with two attached hydrogens (primary N) is 1. The molecule has 2 nitrogen and oxygen atoms in total. The molecule has 0 aliphatic heterocycles. The van der Waals surface area contributed by atoms with Gasteiger partial charge in [0.2, 0.25) is 0 Å². The van der Waals surface area contributed by atoms with E-state index in [0.717, 1.165) is 32.3 Å². The van der Waals surface area contributed by atoms with Crippen molar-refractivity contribution in [2.45, 2.75) is 44.6 Å². The Morgan fingerprint density at radius 1 is 1.33 bits per heavy atom. The standard InChI is InChI=1S/C15H21NOS/c16-15(18)10-3-4-11-17-14-9-5-7-12-6-1-2-8-13(12)14/h1-2,6,8,14H,3-5,7,9-11H2,(H2,16,18). The largest absolute Gasteiger partial charge is 0.393 e. The van der Waals surface area contributed by atoms with Crippen molar-refractivity contribution < 1.29 is 4.74 Å². The Morgan fingerprint density at radius 3 is 3.00 bits per heavy atom. The zero-order valence-electron chi connectivity index (χ0n) is 10.7. The monoisotopic (exact) mass is 263 g/mol. The molecular formula is C15H21NOS. The number of aryl methyl sites for hydroxylation is 1. The van der Waals surface area contributed by atoms with Crippen LogP contribution in [-0.2, 0) is 11.2 Å². The van der Waals surface area contributed by atoms with Gasteiger partial charge in [0.25, 0.3) is 0 Å². The van der Waals surface area contributed by atoms with Gasteiger partial charge in [-0.1, -0.05) is 36.5 Å². The zero-order chi connectivity index (χ0) is 12.8. The van der Waals surface area contributed by atoms with Crippen LogP contribution in [0.3, 0.4) is 0 Å². The summed E-state index contributed by atoms with van der Waals surface area (Å²) in [6, 6.07) is 8.64. The van der Waals surface area contributed by atoms with Gasteiger partial charge in [0.1, 0.15) is 0 Å². The van der Waals surface area contributed by atoms with Crippen molar-refractivity contribution in [1.82, 2.24) is 0 Å². The van der Waals surface area contributed by atoms with Gasteiger partial charge >= 0.3 is 0 Å². The Hall–Kier alpha value is -0.930. The highest BCUT2D eigenvalue weighted by atomic mass is 32.1. The fourth-order valence-corrected chi connectivity index (χ4v) is 2.65. The molecule has 2 N–H and O–H groups in total. The van der Waals surface area contributed by atoms with Crippen molar-refractivity contribution in [1.29, 1.82) is 0 Å². The molecule has 0 amide bonds. The molecule has 18 heavy (non-hydrogen) atoms. The van der Waals surface area contributed by atoms with Gasteiger partial charge in [0, 0.05) is 6.61 Å². The predicted octanol–water partition coefficient (Wildman–Crippen LogP) is 3.54. The van der Waals surface area contributed by atoms with Crippen molar-refractivity contribution in [2.75, 3.05) is 6.61 Å². The van der Waals surface area contributed by atoms with Crippen LogP contribution in [0.4, 0.5) is 0 Å². The minimum atomic E-state index is 0.291. The van der Waals surface area contributed by atoms with Crippen LogP contribution in [0.5, 0.6) is 0 Å². The fourth-order valence-electron chi connectivity index (χ4n) is 2.51. The van der Waals surface area contributed by atoms with Gasteiger partial charge < -0.3 is 10.5 Å². The third kappa shape index (κ3) is 3.79. The van der Waals surface area contributed by atoms with Gasteiger partial charge in [-0.3, -0.25) is 0 Å². The quantitative estimate of drug-likeness (QED) is 0.630. The van der Waals surface area contributed by atoms with Gasteiger partial charge in [0.15, 0.2) is 0 Å². The number of ether oxygens (including phenoxy) is 1. The van der Waals surface area contributed by atoms with Crippen molar-refractivity contribution in [2.24, 2.45) is 5.73 Å². The highest BCUT2D eigenvalue weighted by Gasteiger charge is 2.19. The molecule has 0 spiro atoms. The SMILES string of the molecule is NC(=S)CCCCOC1CCCc2ccccc21. The molecule has 1 aliphatic carbocycles. The normalized spacial score (nSPS) is 18.3. The molecule has 0 bridgehead atoms. The Balaban J connectivity index is 1.79. The van der Waals surface area contributed by atoms with E-state index < -0.39 is 0 Å². The van der Waals surface area contributed by atoms with Crippen LogP contribution in [0.1, 0.15) is 49.3 Å². The predicted molar refractivity (Wildman–Crippen MR) is 78.7 cm³/mol. The Morgan fingerprint density at radius 2 is 2.17 bits per heavy atom. The summed E-state index contributed by atoms with van der Waals surface area (Å²) < 4.78 is 6.01. The number of unbranched alkanes of at least 4 members (excludes halogenated alkanes) is 1. The van der Waals surface area contributed by atoms with Gasteiger partial charge in [-0.2, -0.15) is 0 Å². The molecule has 1 aliphatic rings. The van der Waals surface area contributed by atoms with Gasteiger partial charge in [-0.25, -0.2) is 0 Å². The van der Waals surface area contributed by atoms with E-state index in [4.69, 9.17) is 22.7 Å². The van der Waals surface area contributed by atoms with Crippen LogP contribution in [0.15, 0.2) is 24.3 Å². The first-order valence-corrected chi connectivity index (χ1v) is 7.16. The molecule has 0 saturated carbocycles. The first kappa shape index (κ1) is 13.5. The molecule has 0 fully saturated rings. The lowest BCUT2D eigenvalue weighted by atomic mass is 9.89. The molecular weight excluding hydrogens is 242 g/mol. The molecule has 1 unspecified atom stereocenters. The van der Waals surface area contributed by atoms with Gasteiger partial charge in [-0.15, -0.1) is 0 Å². The van der Waals surface area contributed by atoms with E-state index in [9.17, 15) is 0 Å². The van der Waals surface area contributed by atoms with E-state index in [1.807, 2.05) is 0 Å². The Bertz CT molecular complexity index is 405. The van der Waals surface area contributed by atoms with Crippen molar-refractivity contribution in [3.63, 3.8) is 0 Å². The number of thiocarbonyl (C=S) groups is 1. The highest BCUT2D eigenvalue weighted by Crippen LogP contribution is 2.32. The van der Waals surface area contributed by atoms with Crippen LogP contribution in [-0.4, -0.2) is 11.6 Å². The summed E-state index contributed by atoms with van der Waals surface area (Å²) in [6.07, 6.45) is 6.76. The second-order valence-electron chi connectivity index (χ2n) is 4.87. The maximum absolute atomic E-state index is 6.01. The molecule has 2 rings (SSSR count). The molecule has 3 heteroatoms. The van der Waals surface area contributed by atoms with Crippen molar-refractivity contribution in [3.05, 3.63) is 35.4 Å². The molecule has 1 atom stereocenters. The van der Waals surface area contributed by atoms with E-state index >= 15 is 0 Å². The summed E-state index contributed by atoms with van der Waals surface area (Å²) in [4.78, 5) is 0.609. The number of hydrogen-bond donors (Lipinski definition) is 1. The molecule has 1 aromatic carbocycles. The van der Waals surface area contributed by atoms with Crippen LogP contribution in [0, 0.1) is 0 Å². The van der Waals surface area contributed by atoms with Crippen molar-refractivity contribution >= 4 is 17.2 Å². The lowest BCUT2D eigenvalue weighted by molar-refractivity contribution is 0.0387. The molecule has 0 aromatic heterocycles. The first-order chi connectivity index (χ1) is 8.77. The van der Waals surface area contributed by atoms with E-state index in [1.54, 1.807) is 0 Å². The number of fused-ring (bicyclic) bond motifs is 1. The number of benzene rings is 1. The molecule has 0 heterocycles. The van der Waals surface area contributed by atoms with Gasteiger partial charge in [0.05, 0.1) is 11.1 Å².